The van der Waals surface area contributed by atoms with E-state index in [1.54, 1.807) is 38.3 Å². The number of nitrogens with zero attached hydrogens (tertiary/aromatic N) is 2. The van der Waals surface area contributed by atoms with Crippen LogP contribution in [0.2, 0.25) is 0 Å². The monoisotopic (exact) mass is 360 g/mol. The maximum absolute atomic E-state index is 12.8. The lowest BCUT2D eigenvalue weighted by atomic mass is 9.82. The lowest BCUT2D eigenvalue weighted by Crippen LogP contribution is -2.40. The van der Waals surface area contributed by atoms with Gasteiger partial charge < -0.3 is 9.47 Å². The molecule has 0 spiro atoms. The smallest absolute Gasteiger partial charge is 0.377 e. The van der Waals surface area contributed by atoms with Crippen LogP contribution in [0.15, 0.2) is 40.6 Å². The Balaban J connectivity index is 2.16. The van der Waals surface area contributed by atoms with Crippen LogP contribution in [-0.4, -0.2) is 43.4 Å². The Bertz CT molecular complexity index is 651. The van der Waals surface area contributed by atoms with Gasteiger partial charge in [0.05, 0.1) is 18.4 Å². The third-order valence-electron chi connectivity index (χ3n) is 4.45. The number of methoxy groups -OCH3 is 1. The van der Waals surface area contributed by atoms with Crippen LogP contribution in [0.4, 0.5) is 5.69 Å². The summed E-state index contributed by atoms with van der Waals surface area (Å²) in [6.45, 7) is 1.65. The first kappa shape index (κ1) is 19.9. The van der Waals surface area contributed by atoms with E-state index in [0.29, 0.717) is 18.5 Å². The van der Waals surface area contributed by atoms with E-state index < -0.39 is 17.8 Å². The number of ether oxygens (including phenoxy) is 2. The van der Waals surface area contributed by atoms with Gasteiger partial charge in [-0.15, -0.1) is 0 Å². The predicted molar refractivity (Wildman–Crippen MR) is 94.1 cm³/mol. The molecule has 7 heteroatoms. The van der Waals surface area contributed by atoms with E-state index in [-0.39, 0.29) is 24.4 Å². The van der Waals surface area contributed by atoms with Crippen molar-refractivity contribution in [3.63, 3.8) is 0 Å². The number of hydrogen-bond donors (Lipinski definition) is 0. The Kier molecular flexibility index (Phi) is 7.59. The van der Waals surface area contributed by atoms with E-state index in [0.717, 1.165) is 12.8 Å². The van der Waals surface area contributed by atoms with Gasteiger partial charge in [0.2, 0.25) is 0 Å². The Morgan fingerprint density at radius 2 is 1.77 bits per heavy atom. The summed E-state index contributed by atoms with van der Waals surface area (Å²) >= 11 is 0. The highest BCUT2D eigenvalue weighted by molar-refractivity contribution is 6.40. The summed E-state index contributed by atoms with van der Waals surface area (Å²) in [5.41, 5.74) is 0.505. The minimum absolute atomic E-state index is 0.0558. The molecule has 1 aliphatic carbocycles. The molecule has 1 aromatic carbocycles. The Morgan fingerprint density at radius 1 is 1.12 bits per heavy atom. The number of Topliss-reactive ketones (excluding diaryl/α,β-unsaturated/α-hetero) is 2. The first-order valence-electron chi connectivity index (χ1n) is 8.80. The fraction of sp³-hybridized carbons (Fsp3) is 0.526. The molecule has 0 radical (unpaired) electrons. The molecule has 140 valence electrons. The summed E-state index contributed by atoms with van der Waals surface area (Å²) in [5, 5.41) is 7.87. The molecule has 0 amide bonds. The van der Waals surface area contributed by atoms with E-state index >= 15 is 0 Å². The van der Waals surface area contributed by atoms with Crippen molar-refractivity contribution in [1.82, 2.24) is 0 Å². The third kappa shape index (κ3) is 5.29. The molecule has 0 aliphatic heterocycles. The van der Waals surface area contributed by atoms with Gasteiger partial charge in [-0.2, -0.15) is 10.2 Å². The van der Waals surface area contributed by atoms with E-state index in [2.05, 4.69) is 10.2 Å². The summed E-state index contributed by atoms with van der Waals surface area (Å²) in [7, 11) is 1.65. The van der Waals surface area contributed by atoms with Crippen molar-refractivity contribution in [2.24, 2.45) is 16.1 Å². The minimum atomic E-state index is -1.46. The molecular formula is C19H24N2O5. The Morgan fingerprint density at radius 3 is 2.35 bits per heavy atom. The molecule has 0 saturated heterocycles. The number of carbonyl (C=O) groups excluding carboxylic acids is 3. The van der Waals surface area contributed by atoms with E-state index in [4.69, 9.17) is 9.47 Å². The zero-order valence-electron chi connectivity index (χ0n) is 15.1. The number of esters is 1. The summed E-state index contributed by atoms with van der Waals surface area (Å²) in [5.74, 6) is -2.73. The van der Waals surface area contributed by atoms with Gasteiger partial charge >= 0.3 is 5.97 Å². The van der Waals surface area contributed by atoms with Crippen molar-refractivity contribution in [3.8, 4) is 0 Å². The molecule has 1 fully saturated rings. The average Bonchev–Trinajstić information content (AvgIpc) is 2.68. The van der Waals surface area contributed by atoms with Crippen LogP contribution in [0.3, 0.4) is 0 Å². The molecule has 0 heterocycles. The molecule has 1 aliphatic rings. The highest BCUT2D eigenvalue weighted by Gasteiger charge is 2.38. The van der Waals surface area contributed by atoms with Gasteiger partial charge in [0.15, 0.2) is 11.8 Å². The second kappa shape index (κ2) is 9.91. The molecule has 0 aromatic heterocycles. The second-order valence-corrected chi connectivity index (χ2v) is 6.15. The van der Waals surface area contributed by atoms with Crippen molar-refractivity contribution >= 4 is 23.2 Å². The van der Waals surface area contributed by atoms with Crippen molar-refractivity contribution in [1.29, 1.82) is 0 Å². The summed E-state index contributed by atoms with van der Waals surface area (Å²) in [4.78, 5) is 37.1. The van der Waals surface area contributed by atoms with Crippen LogP contribution >= 0.6 is 0 Å². The van der Waals surface area contributed by atoms with Crippen LogP contribution in [0.5, 0.6) is 0 Å². The van der Waals surface area contributed by atoms with Gasteiger partial charge in [-0.1, -0.05) is 18.2 Å². The zero-order chi connectivity index (χ0) is 18.9. The number of rotatable bonds is 8. The highest BCUT2D eigenvalue weighted by atomic mass is 16.5. The van der Waals surface area contributed by atoms with E-state index in [9.17, 15) is 14.4 Å². The van der Waals surface area contributed by atoms with Gasteiger partial charge in [0.25, 0.3) is 5.78 Å². The molecule has 0 bridgehead atoms. The maximum Gasteiger partial charge on any atom is 0.377 e. The molecule has 26 heavy (non-hydrogen) atoms. The molecular weight excluding hydrogens is 336 g/mol. The van der Waals surface area contributed by atoms with Gasteiger partial charge in [0.1, 0.15) is 0 Å². The largest absolute Gasteiger partial charge is 0.460 e. The molecule has 1 unspecified atom stereocenters. The maximum atomic E-state index is 12.8. The summed E-state index contributed by atoms with van der Waals surface area (Å²) in [6.07, 6.45) is 2.81. The predicted octanol–water partition coefficient (Wildman–Crippen LogP) is 3.05. The summed E-state index contributed by atoms with van der Waals surface area (Å²) in [6, 6.07) is 7.29. The van der Waals surface area contributed by atoms with Gasteiger partial charge in [-0.25, -0.2) is 4.79 Å². The van der Waals surface area contributed by atoms with E-state index in [1.165, 1.54) is 0 Å². The zero-order valence-corrected chi connectivity index (χ0v) is 15.1. The second-order valence-electron chi connectivity index (χ2n) is 6.15. The molecule has 7 nitrogen and oxygen atoms in total. The standard InChI is InChI=1S/C19H24N2O5/c1-3-26-19(24)18(23)16(21-20-14-7-5-4-6-8-14)17(22)13-9-11-15(25-2)12-10-13/h4-8,13,15-16H,3,9-12H2,1-2H3/b21-20+/t13-,15+,16?. The van der Waals surface area contributed by atoms with Crippen LogP contribution in [-0.2, 0) is 23.9 Å². The lowest BCUT2D eigenvalue weighted by molar-refractivity contribution is -0.155. The highest BCUT2D eigenvalue weighted by Crippen LogP contribution is 2.28. The fourth-order valence-corrected chi connectivity index (χ4v) is 2.98. The van der Waals surface area contributed by atoms with E-state index in [1.807, 2.05) is 6.07 Å². The quantitative estimate of drug-likeness (QED) is 0.307. The minimum Gasteiger partial charge on any atom is -0.460 e. The number of carbonyl (C=O) groups is 3. The van der Waals surface area contributed by atoms with Crippen molar-refractivity contribution in [3.05, 3.63) is 30.3 Å². The average molecular weight is 360 g/mol. The Hall–Kier alpha value is -2.41. The molecule has 2 rings (SSSR count). The van der Waals surface area contributed by atoms with Crippen LogP contribution in [0.1, 0.15) is 32.6 Å². The summed E-state index contributed by atoms with van der Waals surface area (Å²) < 4.78 is 10.1. The first-order chi connectivity index (χ1) is 12.6. The van der Waals surface area contributed by atoms with Crippen molar-refractivity contribution in [2.45, 2.75) is 44.8 Å². The Labute approximate surface area is 152 Å². The molecule has 1 saturated carbocycles. The number of hydrogen-bond acceptors (Lipinski definition) is 7. The van der Waals surface area contributed by atoms with Crippen molar-refractivity contribution in [2.75, 3.05) is 13.7 Å². The van der Waals surface area contributed by atoms with Gasteiger partial charge in [-0.3, -0.25) is 9.59 Å². The van der Waals surface area contributed by atoms with Gasteiger partial charge in [0, 0.05) is 13.0 Å². The third-order valence-corrected chi connectivity index (χ3v) is 4.45. The van der Waals surface area contributed by atoms with Crippen molar-refractivity contribution < 1.29 is 23.9 Å². The van der Waals surface area contributed by atoms with Gasteiger partial charge in [-0.05, 0) is 44.7 Å². The molecule has 1 atom stereocenters. The lowest BCUT2D eigenvalue weighted by Gasteiger charge is -2.27. The normalized spacial score (nSPS) is 21.3. The number of benzene rings is 1. The van der Waals surface area contributed by atoms with Crippen LogP contribution in [0.25, 0.3) is 0 Å². The number of ketones is 2. The van der Waals surface area contributed by atoms with Crippen LogP contribution < -0.4 is 0 Å². The topological polar surface area (TPSA) is 94.4 Å². The SMILES string of the molecule is CCOC(=O)C(=O)C(/N=N/c1ccccc1)C(=O)[C@H]1CC[C@@H](OC)CC1. The van der Waals surface area contributed by atoms with Crippen LogP contribution in [0, 0.1) is 5.92 Å². The number of azo groups is 1. The first-order valence-corrected chi connectivity index (χ1v) is 8.80. The molecule has 1 aromatic rings. The fourth-order valence-electron chi connectivity index (χ4n) is 2.98. The molecule has 0 N–H and O–H groups in total.